The van der Waals surface area contributed by atoms with Crippen LogP contribution >= 0.6 is 0 Å². The van der Waals surface area contributed by atoms with E-state index in [1.807, 2.05) is 6.92 Å². The van der Waals surface area contributed by atoms with Crippen LogP contribution in [0.15, 0.2) is 0 Å². The van der Waals surface area contributed by atoms with E-state index in [-0.39, 0.29) is 11.6 Å². The van der Waals surface area contributed by atoms with Gasteiger partial charge in [-0.05, 0) is 19.8 Å². The highest BCUT2D eigenvalue weighted by Crippen LogP contribution is 2.20. The monoisotopic (exact) mass is 242 g/mol. The number of carboxylic acid groups (broad SMARTS) is 1. The number of carbonyl (C=O) groups excluding carboxylic acids is 1. The molecule has 96 valence electrons. The quantitative estimate of drug-likeness (QED) is 0.729. The molecule has 0 radical (unpaired) electrons. The van der Waals surface area contributed by atoms with E-state index < -0.39 is 11.9 Å². The number of urea groups is 1. The summed E-state index contributed by atoms with van der Waals surface area (Å²) in [6, 6.07) is -0.179. The van der Waals surface area contributed by atoms with Crippen molar-refractivity contribution in [1.82, 2.24) is 10.2 Å². The summed E-state index contributed by atoms with van der Waals surface area (Å²) in [5, 5.41) is 11.8. The molecule has 0 aliphatic carbocycles. The molecule has 0 aromatic carbocycles. The van der Waals surface area contributed by atoms with Crippen molar-refractivity contribution in [2.75, 3.05) is 26.3 Å². The second kappa shape index (κ2) is 4.52. The first kappa shape index (κ1) is 12.2. The predicted molar refractivity (Wildman–Crippen MR) is 59.7 cm³/mol. The number of hydrogen-bond acceptors (Lipinski definition) is 3. The lowest BCUT2D eigenvalue weighted by Crippen LogP contribution is -2.51. The number of aliphatic carboxylic acids is 1. The van der Waals surface area contributed by atoms with E-state index >= 15 is 0 Å². The summed E-state index contributed by atoms with van der Waals surface area (Å²) < 4.78 is 5.26. The smallest absolute Gasteiger partial charge is 0.317 e. The van der Waals surface area contributed by atoms with E-state index in [1.54, 1.807) is 4.90 Å². The molecule has 0 aromatic heterocycles. The molecule has 2 heterocycles. The van der Waals surface area contributed by atoms with Crippen LogP contribution < -0.4 is 5.32 Å². The summed E-state index contributed by atoms with van der Waals surface area (Å²) in [5.74, 6) is -1.25. The molecule has 2 N–H and O–H groups in total. The number of carbonyl (C=O) groups is 2. The Bertz CT molecular complexity index is 325. The number of carboxylic acids is 1. The molecule has 17 heavy (non-hydrogen) atoms. The topological polar surface area (TPSA) is 78.9 Å². The zero-order valence-corrected chi connectivity index (χ0v) is 9.94. The second-order valence-corrected chi connectivity index (χ2v) is 5.06. The highest BCUT2D eigenvalue weighted by atomic mass is 16.5. The van der Waals surface area contributed by atoms with E-state index in [0.717, 1.165) is 6.42 Å². The Morgan fingerprint density at radius 3 is 2.82 bits per heavy atom. The van der Waals surface area contributed by atoms with Crippen LogP contribution in [0, 0.1) is 5.92 Å². The third-order valence-electron chi connectivity index (χ3n) is 3.45. The summed E-state index contributed by atoms with van der Waals surface area (Å²) in [6.07, 6.45) is 1.34. The van der Waals surface area contributed by atoms with E-state index in [4.69, 9.17) is 9.84 Å². The number of nitrogens with zero attached hydrogens (tertiary/aromatic N) is 1. The first-order chi connectivity index (χ1) is 8.00. The van der Waals surface area contributed by atoms with Crippen molar-refractivity contribution < 1.29 is 19.4 Å². The Kier molecular flexibility index (Phi) is 3.24. The summed E-state index contributed by atoms with van der Waals surface area (Å²) in [4.78, 5) is 24.3. The lowest BCUT2D eigenvalue weighted by Gasteiger charge is -2.27. The molecule has 2 aliphatic rings. The van der Waals surface area contributed by atoms with Crippen LogP contribution in [0.5, 0.6) is 0 Å². The molecule has 0 saturated carbocycles. The van der Waals surface area contributed by atoms with Crippen molar-refractivity contribution in [1.29, 1.82) is 0 Å². The summed E-state index contributed by atoms with van der Waals surface area (Å²) in [7, 11) is 0. The molecule has 2 rings (SSSR count). The zero-order chi connectivity index (χ0) is 12.5. The maximum absolute atomic E-state index is 11.9. The van der Waals surface area contributed by atoms with Gasteiger partial charge in [-0.1, -0.05) is 0 Å². The van der Waals surface area contributed by atoms with Gasteiger partial charge in [0.25, 0.3) is 0 Å². The molecule has 6 heteroatoms. The Hall–Kier alpha value is -1.30. The molecule has 2 saturated heterocycles. The number of hydrogen-bond donors (Lipinski definition) is 2. The third-order valence-corrected chi connectivity index (χ3v) is 3.45. The number of ether oxygens (including phenoxy) is 1. The van der Waals surface area contributed by atoms with Crippen LogP contribution in [0.3, 0.4) is 0 Å². The van der Waals surface area contributed by atoms with Gasteiger partial charge in [0.1, 0.15) is 0 Å². The van der Waals surface area contributed by atoms with E-state index in [2.05, 4.69) is 5.32 Å². The molecule has 2 fully saturated rings. The number of rotatable bonds is 2. The zero-order valence-electron chi connectivity index (χ0n) is 9.94. The molecule has 6 nitrogen and oxygen atoms in total. The van der Waals surface area contributed by atoms with Crippen molar-refractivity contribution in [3.8, 4) is 0 Å². The molecule has 2 unspecified atom stereocenters. The van der Waals surface area contributed by atoms with Gasteiger partial charge in [-0.3, -0.25) is 4.79 Å². The van der Waals surface area contributed by atoms with Gasteiger partial charge in [0.15, 0.2) is 0 Å². The first-order valence-corrected chi connectivity index (χ1v) is 5.88. The van der Waals surface area contributed by atoms with Crippen LogP contribution in [0.25, 0.3) is 0 Å². The van der Waals surface area contributed by atoms with E-state index in [9.17, 15) is 9.59 Å². The van der Waals surface area contributed by atoms with Gasteiger partial charge in [-0.2, -0.15) is 0 Å². The summed E-state index contributed by atoms with van der Waals surface area (Å²) in [6.45, 7) is 3.95. The Balaban J connectivity index is 1.87. The molecule has 2 aliphatic heterocycles. The highest BCUT2D eigenvalue weighted by Gasteiger charge is 2.36. The van der Waals surface area contributed by atoms with Crippen LogP contribution in [-0.4, -0.2) is 53.8 Å². The predicted octanol–water partition coefficient (Wildman–Crippen LogP) is 0.281. The largest absolute Gasteiger partial charge is 0.481 e. The Morgan fingerprint density at radius 2 is 2.29 bits per heavy atom. The van der Waals surface area contributed by atoms with Crippen LogP contribution in [0.2, 0.25) is 0 Å². The van der Waals surface area contributed by atoms with Gasteiger partial charge in [0.05, 0.1) is 18.1 Å². The standard InChI is InChI=1S/C11H18N2O4/c1-11(3-5-17-7-11)12-10(16)13-4-2-8(6-13)9(14)15/h8H,2-7H2,1H3,(H,12,16)(H,14,15). The fraction of sp³-hybridized carbons (Fsp3) is 0.818. The van der Waals surface area contributed by atoms with Gasteiger partial charge in [-0.25, -0.2) is 4.79 Å². The number of nitrogens with one attached hydrogen (secondary N) is 1. The molecule has 2 amide bonds. The van der Waals surface area contributed by atoms with Gasteiger partial charge >= 0.3 is 12.0 Å². The van der Waals surface area contributed by atoms with Crippen LogP contribution in [0.4, 0.5) is 4.79 Å². The molecule has 2 atom stereocenters. The minimum atomic E-state index is -0.823. The molecule has 0 bridgehead atoms. The van der Waals surface area contributed by atoms with E-state index in [0.29, 0.717) is 32.7 Å². The van der Waals surface area contributed by atoms with Gasteiger partial charge in [0.2, 0.25) is 0 Å². The molecular weight excluding hydrogens is 224 g/mol. The molecule has 0 spiro atoms. The normalized spacial score (nSPS) is 32.8. The summed E-state index contributed by atoms with van der Waals surface area (Å²) >= 11 is 0. The van der Waals surface area contributed by atoms with Crippen molar-refractivity contribution in [2.45, 2.75) is 25.3 Å². The lowest BCUT2D eigenvalue weighted by atomic mass is 10.0. The lowest BCUT2D eigenvalue weighted by molar-refractivity contribution is -0.141. The third kappa shape index (κ3) is 2.69. The number of amides is 2. The Labute approximate surface area is 99.9 Å². The van der Waals surface area contributed by atoms with Crippen molar-refractivity contribution in [2.24, 2.45) is 5.92 Å². The molecular formula is C11H18N2O4. The van der Waals surface area contributed by atoms with Crippen LogP contribution in [-0.2, 0) is 9.53 Å². The Morgan fingerprint density at radius 1 is 1.53 bits per heavy atom. The van der Waals surface area contributed by atoms with Crippen molar-refractivity contribution in [3.05, 3.63) is 0 Å². The molecule has 0 aromatic rings. The second-order valence-electron chi connectivity index (χ2n) is 5.06. The fourth-order valence-corrected chi connectivity index (χ4v) is 2.25. The summed E-state index contributed by atoms with van der Waals surface area (Å²) in [5.41, 5.74) is -0.307. The average molecular weight is 242 g/mol. The maximum Gasteiger partial charge on any atom is 0.317 e. The SMILES string of the molecule is CC1(NC(=O)N2CCC(C(=O)O)C2)CCOC1. The van der Waals surface area contributed by atoms with Crippen molar-refractivity contribution in [3.63, 3.8) is 0 Å². The first-order valence-electron chi connectivity index (χ1n) is 5.88. The van der Waals surface area contributed by atoms with Gasteiger partial charge in [-0.15, -0.1) is 0 Å². The van der Waals surface area contributed by atoms with Crippen LogP contribution in [0.1, 0.15) is 19.8 Å². The highest BCUT2D eigenvalue weighted by molar-refractivity contribution is 5.78. The fourth-order valence-electron chi connectivity index (χ4n) is 2.25. The minimum Gasteiger partial charge on any atom is -0.481 e. The van der Waals surface area contributed by atoms with Crippen molar-refractivity contribution >= 4 is 12.0 Å². The van der Waals surface area contributed by atoms with Gasteiger partial charge < -0.3 is 20.1 Å². The van der Waals surface area contributed by atoms with Gasteiger partial charge in [0, 0.05) is 19.7 Å². The maximum atomic E-state index is 11.9. The average Bonchev–Trinajstić information content (AvgIpc) is 2.86. The minimum absolute atomic E-state index is 0.179. The number of likely N-dealkylation sites (tertiary alicyclic amines) is 1. The van der Waals surface area contributed by atoms with E-state index in [1.165, 1.54) is 0 Å².